The molecular weight excluding hydrogens is 330 g/mol. The zero-order chi connectivity index (χ0) is 15.4. The van der Waals surface area contributed by atoms with Gasteiger partial charge < -0.3 is 10.1 Å². The first-order valence-electron chi connectivity index (χ1n) is 6.73. The van der Waals surface area contributed by atoms with Crippen LogP contribution in [0.2, 0.25) is 0 Å². The fourth-order valence-electron chi connectivity index (χ4n) is 2.03. The lowest BCUT2D eigenvalue weighted by Gasteiger charge is -2.14. The quantitative estimate of drug-likeness (QED) is 0.890. The molecule has 1 amide bonds. The summed E-state index contributed by atoms with van der Waals surface area (Å²) in [4.78, 5) is 12.0. The highest BCUT2D eigenvalue weighted by Crippen LogP contribution is 2.26. The van der Waals surface area contributed by atoms with E-state index in [4.69, 9.17) is 4.74 Å². The Hall–Kier alpha value is -1.81. The molecule has 110 valence electrons. The van der Waals surface area contributed by atoms with Crippen LogP contribution in [-0.2, 0) is 4.79 Å². The summed E-state index contributed by atoms with van der Waals surface area (Å²) in [5.74, 6) is 0.611. The molecule has 4 heteroatoms. The average Bonchev–Trinajstić information content (AvgIpc) is 2.45. The van der Waals surface area contributed by atoms with Gasteiger partial charge in [-0.1, -0.05) is 24.3 Å². The van der Waals surface area contributed by atoms with Gasteiger partial charge in [-0.15, -0.1) is 0 Å². The van der Waals surface area contributed by atoms with E-state index in [1.165, 1.54) is 0 Å². The van der Waals surface area contributed by atoms with E-state index in [-0.39, 0.29) is 12.5 Å². The molecule has 0 aliphatic carbocycles. The van der Waals surface area contributed by atoms with Crippen LogP contribution in [0.1, 0.15) is 16.7 Å². The molecule has 2 aromatic carbocycles. The summed E-state index contributed by atoms with van der Waals surface area (Å²) >= 11 is 3.40. The molecule has 0 bridgehead atoms. The Balaban J connectivity index is 2.02. The van der Waals surface area contributed by atoms with Crippen LogP contribution >= 0.6 is 15.9 Å². The number of aryl methyl sites for hydroxylation is 2. The minimum atomic E-state index is -0.179. The lowest BCUT2D eigenvalue weighted by atomic mass is 10.1. The van der Waals surface area contributed by atoms with Crippen LogP contribution in [0.3, 0.4) is 0 Å². The van der Waals surface area contributed by atoms with Crippen molar-refractivity contribution < 1.29 is 9.53 Å². The summed E-state index contributed by atoms with van der Waals surface area (Å²) in [6, 6.07) is 11.5. The molecule has 21 heavy (non-hydrogen) atoms. The second-order valence-corrected chi connectivity index (χ2v) is 5.82. The highest BCUT2D eigenvalue weighted by Gasteiger charge is 2.10. The van der Waals surface area contributed by atoms with Crippen molar-refractivity contribution in [2.45, 2.75) is 20.8 Å². The van der Waals surface area contributed by atoms with E-state index in [1.54, 1.807) is 0 Å². The maximum absolute atomic E-state index is 12.0. The van der Waals surface area contributed by atoms with Gasteiger partial charge in [-0.25, -0.2) is 0 Å². The first-order valence-corrected chi connectivity index (χ1v) is 7.52. The summed E-state index contributed by atoms with van der Waals surface area (Å²) < 4.78 is 6.54. The molecule has 0 saturated carbocycles. The number of nitrogens with one attached hydrogen (secondary N) is 1. The zero-order valence-electron chi connectivity index (χ0n) is 12.4. The monoisotopic (exact) mass is 347 g/mol. The van der Waals surface area contributed by atoms with Crippen molar-refractivity contribution in [2.24, 2.45) is 0 Å². The highest BCUT2D eigenvalue weighted by atomic mass is 79.9. The Morgan fingerprint density at radius 3 is 2.48 bits per heavy atom. The van der Waals surface area contributed by atoms with Crippen molar-refractivity contribution in [1.82, 2.24) is 0 Å². The van der Waals surface area contributed by atoms with Gasteiger partial charge in [0.2, 0.25) is 0 Å². The molecule has 0 aliphatic rings. The molecular formula is C17H18BrNO2. The summed E-state index contributed by atoms with van der Waals surface area (Å²) in [6.45, 7) is 6.01. The standard InChI is InChI=1S/C17H18BrNO2/c1-11-8-9-12(2)17(13(11)3)21-10-16(20)19-15-7-5-4-6-14(15)18/h4-9H,10H2,1-3H3,(H,19,20). The largest absolute Gasteiger partial charge is 0.483 e. The van der Waals surface area contributed by atoms with Crippen molar-refractivity contribution in [3.05, 3.63) is 57.6 Å². The number of benzene rings is 2. The molecule has 0 saturated heterocycles. The molecule has 0 radical (unpaired) electrons. The van der Waals surface area contributed by atoms with Crippen molar-refractivity contribution in [3.63, 3.8) is 0 Å². The third-order valence-electron chi connectivity index (χ3n) is 3.37. The van der Waals surface area contributed by atoms with Gasteiger partial charge in [0.15, 0.2) is 6.61 Å². The average molecular weight is 348 g/mol. The summed E-state index contributed by atoms with van der Waals surface area (Å²) in [6.07, 6.45) is 0. The number of rotatable bonds is 4. The van der Waals surface area contributed by atoms with Crippen LogP contribution < -0.4 is 10.1 Å². The molecule has 3 nitrogen and oxygen atoms in total. The Kier molecular flexibility index (Phi) is 5.02. The maximum atomic E-state index is 12.0. The van der Waals surface area contributed by atoms with Crippen LogP contribution in [-0.4, -0.2) is 12.5 Å². The highest BCUT2D eigenvalue weighted by molar-refractivity contribution is 9.10. The van der Waals surface area contributed by atoms with Gasteiger partial charge in [0.05, 0.1) is 5.69 Å². The predicted octanol–water partition coefficient (Wildman–Crippen LogP) is 4.39. The van der Waals surface area contributed by atoms with E-state index in [1.807, 2.05) is 51.1 Å². The number of carbonyl (C=O) groups excluding carboxylic acids is 1. The van der Waals surface area contributed by atoms with Gasteiger partial charge in [0.25, 0.3) is 5.91 Å². The predicted molar refractivity (Wildman–Crippen MR) is 88.9 cm³/mol. The number of hydrogen-bond acceptors (Lipinski definition) is 2. The van der Waals surface area contributed by atoms with E-state index in [0.717, 1.165) is 32.6 Å². The fourth-order valence-corrected chi connectivity index (χ4v) is 2.42. The number of ether oxygens (including phenoxy) is 1. The number of anilines is 1. The molecule has 0 atom stereocenters. The second kappa shape index (κ2) is 6.76. The smallest absolute Gasteiger partial charge is 0.262 e. The number of amides is 1. The molecule has 0 aromatic heterocycles. The zero-order valence-corrected chi connectivity index (χ0v) is 14.0. The third kappa shape index (κ3) is 3.85. The van der Waals surface area contributed by atoms with Crippen LogP contribution in [0.4, 0.5) is 5.69 Å². The number of para-hydroxylation sites is 1. The summed E-state index contributed by atoms with van der Waals surface area (Å²) in [7, 11) is 0. The lowest BCUT2D eigenvalue weighted by molar-refractivity contribution is -0.118. The molecule has 0 fully saturated rings. The first kappa shape index (κ1) is 15.6. The minimum absolute atomic E-state index is 0.00747. The third-order valence-corrected chi connectivity index (χ3v) is 4.06. The van der Waals surface area contributed by atoms with E-state index in [2.05, 4.69) is 27.3 Å². The molecule has 1 N–H and O–H groups in total. The Labute approximate surface area is 133 Å². The van der Waals surface area contributed by atoms with Gasteiger partial charge in [-0.05, 0) is 65.5 Å². The second-order valence-electron chi connectivity index (χ2n) is 4.97. The molecule has 0 heterocycles. The van der Waals surface area contributed by atoms with E-state index in [0.29, 0.717) is 0 Å². The maximum Gasteiger partial charge on any atom is 0.262 e. The van der Waals surface area contributed by atoms with Crippen LogP contribution in [0.15, 0.2) is 40.9 Å². The topological polar surface area (TPSA) is 38.3 Å². The first-order chi connectivity index (χ1) is 9.99. The summed E-state index contributed by atoms with van der Waals surface area (Å²) in [5, 5.41) is 2.82. The van der Waals surface area contributed by atoms with Crippen LogP contribution in [0.25, 0.3) is 0 Å². The van der Waals surface area contributed by atoms with Crippen molar-refractivity contribution in [1.29, 1.82) is 0 Å². The van der Waals surface area contributed by atoms with Crippen LogP contribution in [0.5, 0.6) is 5.75 Å². The Morgan fingerprint density at radius 1 is 1.10 bits per heavy atom. The lowest BCUT2D eigenvalue weighted by Crippen LogP contribution is -2.21. The van der Waals surface area contributed by atoms with E-state index < -0.39 is 0 Å². The molecule has 0 unspecified atom stereocenters. The van der Waals surface area contributed by atoms with Crippen molar-refractivity contribution >= 4 is 27.5 Å². The van der Waals surface area contributed by atoms with Crippen molar-refractivity contribution in [2.75, 3.05) is 11.9 Å². The normalized spacial score (nSPS) is 10.3. The Bertz CT molecular complexity index is 668. The van der Waals surface area contributed by atoms with Gasteiger partial charge in [0.1, 0.15) is 5.75 Å². The Morgan fingerprint density at radius 2 is 1.76 bits per heavy atom. The van der Waals surface area contributed by atoms with Gasteiger partial charge in [-0.2, -0.15) is 0 Å². The van der Waals surface area contributed by atoms with E-state index >= 15 is 0 Å². The van der Waals surface area contributed by atoms with Gasteiger partial charge >= 0.3 is 0 Å². The van der Waals surface area contributed by atoms with Crippen molar-refractivity contribution in [3.8, 4) is 5.75 Å². The number of carbonyl (C=O) groups is 1. The summed E-state index contributed by atoms with van der Waals surface area (Å²) in [5.41, 5.74) is 4.00. The number of hydrogen-bond donors (Lipinski definition) is 1. The minimum Gasteiger partial charge on any atom is -0.483 e. The van der Waals surface area contributed by atoms with Gasteiger partial charge in [0, 0.05) is 4.47 Å². The fraction of sp³-hybridized carbons (Fsp3) is 0.235. The molecule has 2 aromatic rings. The molecule has 0 spiro atoms. The van der Waals surface area contributed by atoms with Gasteiger partial charge in [-0.3, -0.25) is 4.79 Å². The van der Waals surface area contributed by atoms with E-state index in [9.17, 15) is 4.79 Å². The SMILES string of the molecule is Cc1ccc(C)c(OCC(=O)Nc2ccccc2Br)c1C. The molecule has 2 rings (SSSR count). The van der Waals surface area contributed by atoms with Crippen LogP contribution in [0, 0.1) is 20.8 Å². The molecule has 0 aliphatic heterocycles. The number of halogens is 1.